The smallest absolute Gasteiger partial charge is 0.244 e. The average molecular weight is 328 g/mol. The topological polar surface area (TPSA) is 62.2 Å². The number of aliphatic hydroxyl groups excluding tert-OH is 1. The van der Waals surface area contributed by atoms with Crippen molar-refractivity contribution in [3.05, 3.63) is 71.8 Å². The van der Waals surface area contributed by atoms with Gasteiger partial charge in [0, 0.05) is 24.7 Å². The van der Waals surface area contributed by atoms with Crippen molar-refractivity contribution in [3.8, 4) is 0 Å². The first-order chi connectivity index (χ1) is 11.5. The first kappa shape index (κ1) is 17.8. The Morgan fingerprint density at radius 2 is 2.08 bits per heavy atom. The van der Waals surface area contributed by atoms with Crippen molar-refractivity contribution in [1.29, 1.82) is 0 Å². The molecule has 0 spiro atoms. The molecule has 5 heteroatoms. The summed E-state index contributed by atoms with van der Waals surface area (Å²) in [6.45, 7) is 2.15. The van der Waals surface area contributed by atoms with E-state index in [0.717, 1.165) is 11.8 Å². The van der Waals surface area contributed by atoms with E-state index in [9.17, 15) is 14.3 Å². The van der Waals surface area contributed by atoms with Gasteiger partial charge < -0.3 is 10.4 Å². The molecular formula is C19H21FN2O2. The Hall–Kier alpha value is -2.53. The highest BCUT2D eigenvalue weighted by molar-refractivity contribution is 5.91. The number of benzene rings is 1. The lowest BCUT2D eigenvalue weighted by atomic mass is 9.93. The summed E-state index contributed by atoms with van der Waals surface area (Å²) in [4.78, 5) is 15.7. The number of hydrogen-bond donors (Lipinski definition) is 2. The van der Waals surface area contributed by atoms with Crippen LogP contribution in [-0.4, -0.2) is 28.6 Å². The maximum Gasteiger partial charge on any atom is 0.244 e. The summed E-state index contributed by atoms with van der Waals surface area (Å²) >= 11 is 0. The zero-order valence-corrected chi connectivity index (χ0v) is 13.5. The van der Waals surface area contributed by atoms with E-state index in [1.807, 2.05) is 30.3 Å². The number of halogens is 1. The third kappa shape index (κ3) is 5.93. The maximum atomic E-state index is 13.0. The third-order valence-corrected chi connectivity index (χ3v) is 3.57. The predicted molar refractivity (Wildman–Crippen MR) is 91.7 cm³/mol. The molecule has 4 nitrogen and oxygen atoms in total. The van der Waals surface area contributed by atoms with Crippen LogP contribution in [0, 0.1) is 5.82 Å². The van der Waals surface area contributed by atoms with Gasteiger partial charge in [0.05, 0.1) is 12.3 Å². The number of pyridine rings is 1. The van der Waals surface area contributed by atoms with E-state index >= 15 is 0 Å². The lowest BCUT2D eigenvalue weighted by Gasteiger charge is -2.19. The van der Waals surface area contributed by atoms with Gasteiger partial charge >= 0.3 is 0 Å². The van der Waals surface area contributed by atoms with E-state index in [1.165, 1.54) is 24.4 Å². The fourth-order valence-corrected chi connectivity index (χ4v) is 2.45. The van der Waals surface area contributed by atoms with Crippen molar-refractivity contribution < 1.29 is 14.3 Å². The molecule has 0 saturated carbocycles. The van der Waals surface area contributed by atoms with Crippen LogP contribution in [-0.2, 0) is 4.79 Å². The molecule has 2 rings (SSSR count). The minimum absolute atomic E-state index is 0.0272. The lowest BCUT2D eigenvalue weighted by molar-refractivity contribution is -0.116. The molecule has 0 radical (unpaired) electrons. The quantitative estimate of drug-likeness (QED) is 0.768. The summed E-state index contributed by atoms with van der Waals surface area (Å²) in [6, 6.07) is 11.1. The highest BCUT2D eigenvalue weighted by Crippen LogP contribution is 2.20. The predicted octanol–water partition coefficient (Wildman–Crippen LogP) is 2.90. The van der Waals surface area contributed by atoms with Gasteiger partial charge in [-0.25, -0.2) is 4.39 Å². The zero-order chi connectivity index (χ0) is 17.4. The van der Waals surface area contributed by atoms with Gasteiger partial charge in [0.25, 0.3) is 0 Å². The van der Waals surface area contributed by atoms with Crippen LogP contribution >= 0.6 is 0 Å². The maximum absolute atomic E-state index is 13.0. The molecule has 0 aliphatic heterocycles. The van der Waals surface area contributed by atoms with E-state index < -0.39 is 11.9 Å². The van der Waals surface area contributed by atoms with Gasteiger partial charge in [0.2, 0.25) is 5.91 Å². The standard InChI is InChI=1S/C19H21FN2O2/c1-14(23)9-17(16-5-3-2-4-6-16)12-22-19(24)8-7-15-10-18(20)13-21-11-15/h2-8,10-11,13-14,17,23H,9,12H2,1H3,(H,22,24)/b8-7+. The first-order valence-electron chi connectivity index (χ1n) is 7.84. The van der Waals surface area contributed by atoms with Gasteiger partial charge in [0.1, 0.15) is 5.82 Å². The molecule has 1 heterocycles. The summed E-state index contributed by atoms with van der Waals surface area (Å²) in [7, 11) is 0. The fraction of sp³-hybridized carbons (Fsp3) is 0.263. The number of hydrogen-bond acceptors (Lipinski definition) is 3. The molecule has 1 aromatic heterocycles. The normalized spacial score (nSPS) is 13.6. The molecule has 0 aliphatic carbocycles. The number of carbonyl (C=O) groups is 1. The highest BCUT2D eigenvalue weighted by Gasteiger charge is 2.14. The number of nitrogens with zero attached hydrogens (tertiary/aromatic N) is 1. The van der Waals surface area contributed by atoms with Crippen LogP contribution in [0.25, 0.3) is 6.08 Å². The van der Waals surface area contributed by atoms with Crippen LogP contribution in [0.4, 0.5) is 4.39 Å². The summed E-state index contributed by atoms with van der Waals surface area (Å²) in [5.41, 5.74) is 1.59. The average Bonchev–Trinajstić information content (AvgIpc) is 2.57. The lowest BCUT2D eigenvalue weighted by Crippen LogP contribution is -2.28. The van der Waals surface area contributed by atoms with E-state index in [2.05, 4.69) is 10.3 Å². The van der Waals surface area contributed by atoms with Crippen molar-refractivity contribution >= 4 is 12.0 Å². The molecule has 2 unspecified atom stereocenters. The van der Waals surface area contributed by atoms with Crippen LogP contribution in [0.15, 0.2) is 54.9 Å². The molecule has 0 saturated heterocycles. The van der Waals surface area contributed by atoms with Gasteiger partial charge in [0.15, 0.2) is 0 Å². The Labute approximate surface area is 141 Å². The fourth-order valence-electron chi connectivity index (χ4n) is 2.45. The van der Waals surface area contributed by atoms with Crippen LogP contribution in [0.5, 0.6) is 0 Å². The molecule has 2 atom stereocenters. The minimum Gasteiger partial charge on any atom is -0.393 e. The van der Waals surface area contributed by atoms with E-state index in [0.29, 0.717) is 18.5 Å². The molecule has 0 bridgehead atoms. The van der Waals surface area contributed by atoms with E-state index in [4.69, 9.17) is 0 Å². The Balaban J connectivity index is 1.94. The van der Waals surface area contributed by atoms with Crippen LogP contribution in [0.3, 0.4) is 0 Å². The van der Waals surface area contributed by atoms with Crippen molar-refractivity contribution in [2.45, 2.75) is 25.4 Å². The Bertz CT molecular complexity index is 687. The number of amides is 1. The minimum atomic E-state index is -0.457. The monoisotopic (exact) mass is 328 g/mol. The molecule has 2 N–H and O–H groups in total. The molecule has 24 heavy (non-hydrogen) atoms. The summed E-state index contributed by atoms with van der Waals surface area (Å²) in [5, 5.41) is 12.5. The van der Waals surface area contributed by atoms with Gasteiger partial charge in [-0.2, -0.15) is 0 Å². The second kappa shape index (κ2) is 8.93. The van der Waals surface area contributed by atoms with Crippen LogP contribution in [0.1, 0.15) is 30.4 Å². The van der Waals surface area contributed by atoms with Gasteiger partial charge in [-0.05, 0) is 36.6 Å². The van der Waals surface area contributed by atoms with Crippen molar-refractivity contribution in [3.63, 3.8) is 0 Å². The van der Waals surface area contributed by atoms with Gasteiger partial charge in [-0.1, -0.05) is 30.3 Å². The molecule has 1 aromatic carbocycles. The van der Waals surface area contributed by atoms with Gasteiger partial charge in [-0.15, -0.1) is 0 Å². The van der Waals surface area contributed by atoms with Crippen molar-refractivity contribution in [2.24, 2.45) is 0 Å². The largest absolute Gasteiger partial charge is 0.393 e. The van der Waals surface area contributed by atoms with Crippen molar-refractivity contribution in [1.82, 2.24) is 10.3 Å². The number of aliphatic hydroxyl groups is 1. The van der Waals surface area contributed by atoms with Crippen LogP contribution < -0.4 is 5.32 Å². The summed E-state index contributed by atoms with van der Waals surface area (Å²) < 4.78 is 13.0. The van der Waals surface area contributed by atoms with E-state index in [-0.39, 0.29) is 11.8 Å². The summed E-state index contributed by atoms with van der Waals surface area (Å²) in [5.74, 6) is -0.691. The number of aromatic nitrogens is 1. The number of carbonyl (C=O) groups excluding carboxylic acids is 1. The van der Waals surface area contributed by atoms with Gasteiger partial charge in [-0.3, -0.25) is 9.78 Å². The van der Waals surface area contributed by atoms with Crippen molar-refractivity contribution in [2.75, 3.05) is 6.54 Å². The second-order valence-corrected chi connectivity index (χ2v) is 5.71. The molecule has 2 aromatic rings. The first-order valence-corrected chi connectivity index (χ1v) is 7.84. The van der Waals surface area contributed by atoms with Crippen LogP contribution in [0.2, 0.25) is 0 Å². The molecule has 0 fully saturated rings. The molecular weight excluding hydrogens is 307 g/mol. The van der Waals surface area contributed by atoms with E-state index in [1.54, 1.807) is 6.92 Å². The molecule has 126 valence electrons. The molecule has 1 amide bonds. The zero-order valence-electron chi connectivity index (χ0n) is 13.5. The third-order valence-electron chi connectivity index (χ3n) is 3.57. The Morgan fingerprint density at radius 1 is 1.33 bits per heavy atom. The number of rotatable bonds is 7. The highest BCUT2D eigenvalue weighted by atomic mass is 19.1. The number of nitrogens with one attached hydrogen (secondary N) is 1. The SMILES string of the molecule is CC(O)CC(CNC(=O)/C=C/c1cncc(F)c1)c1ccccc1. The summed E-state index contributed by atoms with van der Waals surface area (Å²) in [6.07, 6.45) is 5.55. The molecule has 0 aliphatic rings. The Kier molecular flexibility index (Phi) is 6.63. The second-order valence-electron chi connectivity index (χ2n) is 5.71. The Morgan fingerprint density at radius 3 is 2.75 bits per heavy atom.